The lowest BCUT2D eigenvalue weighted by molar-refractivity contribution is -0.139. The summed E-state index contributed by atoms with van der Waals surface area (Å²) in [5.74, 6) is 0.470. The molecule has 0 radical (unpaired) electrons. The Morgan fingerprint density at radius 2 is 1.75 bits per heavy atom. The van der Waals surface area contributed by atoms with Crippen molar-refractivity contribution >= 4 is 70.0 Å². The lowest BCUT2D eigenvalue weighted by Gasteiger charge is -2.30. The van der Waals surface area contributed by atoms with Crippen molar-refractivity contribution in [1.29, 1.82) is 0 Å². The van der Waals surface area contributed by atoms with Crippen LogP contribution in [-0.2, 0) is 21.9 Å². The van der Waals surface area contributed by atoms with Crippen LogP contribution in [0.3, 0.4) is 0 Å². The molecule has 2 aromatic carbocycles. The number of thioether (sulfide) groups is 1. The number of benzene rings is 2. The topological polar surface area (TPSA) is 49.4 Å². The third kappa shape index (κ3) is 8.03. The summed E-state index contributed by atoms with van der Waals surface area (Å²) in [5.41, 5.74) is 1.71. The minimum absolute atomic E-state index is 0.135. The molecule has 2 rings (SSSR count). The third-order valence-electron chi connectivity index (χ3n) is 4.77. The van der Waals surface area contributed by atoms with Crippen molar-refractivity contribution in [2.75, 3.05) is 12.3 Å². The molecule has 0 aliphatic heterocycles. The number of hydrogen-bond donors (Lipinski definition) is 1. The number of amides is 2. The number of hydrogen-bond acceptors (Lipinski definition) is 3. The summed E-state index contributed by atoms with van der Waals surface area (Å²) in [7, 11) is 0. The van der Waals surface area contributed by atoms with Crippen LogP contribution in [0, 0.1) is 0 Å². The van der Waals surface area contributed by atoms with Gasteiger partial charge < -0.3 is 10.2 Å². The molecule has 0 saturated carbocycles. The summed E-state index contributed by atoms with van der Waals surface area (Å²) < 4.78 is 0. The number of halogens is 4. The lowest BCUT2D eigenvalue weighted by Crippen LogP contribution is -2.49. The minimum Gasteiger partial charge on any atom is -0.354 e. The zero-order valence-electron chi connectivity index (χ0n) is 18.0. The highest BCUT2D eigenvalue weighted by Crippen LogP contribution is 2.26. The van der Waals surface area contributed by atoms with Gasteiger partial charge in [-0.2, -0.15) is 0 Å². The maximum absolute atomic E-state index is 13.2. The molecule has 32 heavy (non-hydrogen) atoms. The number of rotatable bonds is 11. The maximum atomic E-state index is 13.2. The Morgan fingerprint density at radius 3 is 2.38 bits per heavy atom. The smallest absolute Gasteiger partial charge is 0.242 e. The molecule has 2 aromatic rings. The van der Waals surface area contributed by atoms with Crippen molar-refractivity contribution in [2.24, 2.45) is 0 Å². The van der Waals surface area contributed by atoms with Crippen LogP contribution >= 0.6 is 58.2 Å². The molecule has 0 saturated heterocycles. The van der Waals surface area contributed by atoms with Crippen molar-refractivity contribution in [3.8, 4) is 0 Å². The average molecular weight is 536 g/mol. The van der Waals surface area contributed by atoms with Crippen LogP contribution in [0.25, 0.3) is 0 Å². The number of nitrogens with one attached hydrogen (secondary N) is 1. The van der Waals surface area contributed by atoms with Crippen LogP contribution in [0.1, 0.15) is 37.8 Å². The van der Waals surface area contributed by atoms with Crippen LogP contribution in [0.5, 0.6) is 0 Å². The molecule has 0 bridgehead atoms. The fraction of sp³-hybridized carbons (Fsp3) is 0.391. The molecule has 9 heteroatoms. The van der Waals surface area contributed by atoms with Gasteiger partial charge in [0.15, 0.2) is 0 Å². The molecule has 0 spiro atoms. The molecule has 0 aliphatic rings. The molecule has 174 valence electrons. The fourth-order valence-corrected chi connectivity index (χ4v) is 4.88. The summed E-state index contributed by atoms with van der Waals surface area (Å²) in [6, 6.07) is 9.95. The summed E-state index contributed by atoms with van der Waals surface area (Å²) >= 11 is 25.8. The SMILES string of the molecule is CCCNC(=O)C(CC)N(Cc1ccc(Cl)c(Cl)c1)C(=O)CSCc1ccc(Cl)cc1Cl. The second kappa shape index (κ2) is 13.6. The Kier molecular flexibility index (Phi) is 11.5. The largest absolute Gasteiger partial charge is 0.354 e. The highest BCUT2D eigenvalue weighted by molar-refractivity contribution is 7.99. The molecule has 0 fully saturated rings. The molecule has 4 nitrogen and oxygen atoms in total. The van der Waals surface area contributed by atoms with Crippen molar-refractivity contribution < 1.29 is 9.59 Å². The van der Waals surface area contributed by atoms with Gasteiger partial charge in [-0.25, -0.2) is 0 Å². The summed E-state index contributed by atoms with van der Waals surface area (Å²) in [4.78, 5) is 27.6. The predicted octanol–water partition coefficient (Wildman–Crippen LogP) is 6.87. The molecule has 1 N–H and O–H groups in total. The van der Waals surface area contributed by atoms with E-state index < -0.39 is 6.04 Å². The van der Waals surface area contributed by atoms with Gasteiger partial charge in [0.05, 0.1) is 15.8 Å². The van der Waals surface area contributed by atoms with Crippen LogP contribution in [0.2, 0.25) is 20.1 Å². The van der Waals surface area contributed by atoms with E-state index in [4.69, 9.17) is 46.4 Å². The highest BCUT2D eigenvalue weighted by atomic mass is 35.5. The van der Waals surface area contributed by atoms with Gasteiger partial charge in [0, 0.05) is 28.9 Å². The quantitative estimate of drug-likeness (QED) is 0.341. The first-order valence-electron chi connectivity index (χ1n) is 10.3. The van der Waals surface area contributed by atoms with E-state index in [1.54, 1.807) is 29.2 Å². The van der Waals surface area contributed by atoms with E-state index in [0.29, 0.717) is 38.8 Å². The summed E-state index contributed by atoms with van der Waals surface area (Å²) in [5, 5.41) is 4.88. The second-order valence-electron chi connectivity index (χ2n) is 7.21. The lowest BCUT2D eigenvalue weighted by atomic mass is 10.1. The highest BCUT2D eigenvalue weighted by Gasteiger charge is 2.28. The Labute approximate surface area is 213 Å². The molecule has 1 unspecified atom stereocenters. The first kappa shape index (κ1) is 27.1. The van der Waals surface area contributed by atoms with Crippen molar-refractivity contribution in [3.63, 3.8) is 0 Å². The second-order valence-corrected chi connectivity index (χ2v) is 9.86. The van der Waals surface area contributed by atoms with Gasteiger partial charge in [0.1, 0.15) is 6.04 Å². The van der Waals surface area contributed by atoms with E-state index >= 15 is 0 Å². The summed E-state index contributed by atoms with van der Waals surface area (Å²) in [6.45, 7) is 4.70. The van der Waals surface area contributed by atoms with Crippen molar-refractivity contribution in [1.82, 2.24) is 10.2 Å². The van der Waals surface area contributed by atoms with Gasteiger partial charge in [-0.15, -0.1) is 11.8 Å². The van der Waals surface area contributed by atoms with Gasteiger partial charge in [-0.3, -0.25) is 9.59 Å². The molecule has 0 aliphatic carbocycles. The van der Waals surface area contributed by atoms with E-state index in [9.17, 15) is 9.59 Å². The van der Waals surface area contributed by atoms with Gasteiger partial charge >= 0.3 is 0 Å². The van der Waals surface area contributed by atoms with E-state index in [0.717, 1.165) is 17.5 Å². The Bertz CT molecular complexity index is 942. The van der Waals surface area contributed by atoms with Crippen LogP contribution in [-0.4, -0.2) is 35.1 Å². The number of carbonyl (C=O) groups excluding carboxylic acids is 2. The van der Waals surface area contributed by atoms with Gasteiger partial charge in [-0.05, 0) is 48.2 Å². The fourth-order valence-electron chi connectivity index (χ4n) is 3.09. The standard InChI is InChI=1S/C23H26Cl4N2O2S/c1-3-9-28-23(31)21(4-2)29(12-15-5-8-18(25)20(27)10-15)22(30)14-32-13-16-6-7-17(24)11-19(16)26/h5-8,10-11,21H,3-4,9,12-14H2,1-2H3,(H,28,31). The monoisotopic (exact) mass is 534 g/mol. The Balaban J connectivity index is 2.16. The van der Waals surface area contributed by atoms with Crippen molar-refractivity contribution in [2.45, 2.75) is 45.0 Å². The molecule has 2 amide bonds. The molecular weight excluding hydrogens is 510 g/mol. The first-order chi connectivity index (χ1) is 15.3. The van der Waals surface area contributed by atoms with Crippen molar-refractivity contribution in [3.05, 3.63) is 67.6 Å². The zero-order valence-corrected chi connectivity index (χ0v) is 21.8. The minimum atomic E-state index is -0.580. The number of nitrogens with zero attached hydrogens (tertiary/aromatic N) is 1. The van der Waals surface area contributed by atoms with E-state index in [1.807, 2.05) is 26.0 Å². The van der Waals surface area contributed by atoms with E-state index in [2.05, 4.69) is 5.32 Å². The van der Waals surface area contributed by atoms with Crippen LogP contribution in [0.15, 0.2) is 36.4 Å². The van der Waals surface area contributed by atoms with Gasteiger partial charge in [-0.1, -0.05) is 72.4 Å². The predicted molar refractivity (Wildman–Crippen MR) is 137 cm³/mol. The third-order valence-corrected chi connectivity index (χ3v) is 7.06. The van der Waals surface area contributed by atoms with E-state index in [-0.39, 0.29) is 24.1 Å². The van der Waals surface area contributed by atoms with Gasteiger partial charge in [0.25, 0.3) is 0 Å². The van der Waals surface area contributed by atoms with Crippen LogP contribution in [0.4, 0.5) is 0 Å². The van der Waals surface area contributed by atoms with E-state index in [1.165, 1.54) is 11.8 Å². The Hall–Kier alpha value is -1.11. The molecular formula is C23H26Cl4N2O2S. The molecule has 0 aromatic heterocycles. The van der Waals surface area contributed by atoms with Gasteiger partial charge in [0.2, 0.25) is 11.8 Å². The molecule has 0 heterocycles. The molecule has 1 atom stereocenters. The Morgan fingerprint density at radius 1 is 1.00 bits per heavy atom. The van der Waals surface area contributed by atoms with Crippen LogP contribution < -0.4 is 5.32 Å². The zero-order chi connectivity index (χ0) is 23.7. The summed E-state index contributed by atoms with van der Waals surface area (Å²) in [6.07, 6.45) is 1.32. The maximum Gasteiger partial charge on any atom is 0.242 e. The average Bonchev–Trinajstić information content (AvgIpc) is 2.76. The first-order valence-corrected chi connectivity index (χ1v) is 13.0. The normalized spacial score (nSPS) is 11.8. The number of carbonyl (C=O) groups is 2.